The fourth-order valence-corrected chi connectivity index (χ4v) is 2.11. The smallest absolute Gasteiger partial charge is 0.265 e. The molecule has 0 saturated heterocycles. The van der Waals surface area contributed by atoms with Crippen LogP contribution in [0, 0.1) is 0 Å². The van der Waals surface area contributed by atoms with E-state index in [9.17, 15) is 4.79 Å². The third-order valence-corrected chi connectivity index (χ3v) is 3.07. The lowest BCUT2D eigenvalue weighted by molar-refractivity contribution is 0.0953. The van der Waals surface area contributed by atoms with Gasteiger partial charge in [-0.25, -0.2) is 15.3 Å². The van der Waals surface area contributed by atoms with E-state index in [4.69, 9.17) is 17.4 Å². The number of hydrogen-bond acceptors (Lipinski definition) is 5. The zero-order valence-electron chi connectivity index (χ0n) is 10.7. The minimum Gasteiger partial charge on any atom is -0.352 e. The number of nitrogen functional groups attached to an aromatic ring is 1. The van der Waals surface area contributed by atoms with Crippen LogP contribution in [0.5, 0.6) is 0 Å². The highest BCUT2D eigenvalue weighted by atomic mass is 35.5. The summed E-state index contributed by atoms with van der Waals surface area (Å²) >= 11 is 5.97. The number of imidazole rings is 1. The number of hydrogen-bond donors (Lipinski definition) is 3. The van der Waals surface area contributed by atoms with Gasteiger partial charge in [-0.2, -0.15) is 5.10 Å². The Morgan fingerprint density at radius 3 is 2.76 bits per heavy atom. The lowest BCUT2D eigenvalue weighted by atomic mass is 10.2. The summed E-state index contributed by atoms with van der Waals surface area (Å²) in [6.45, 7) is 0. The molecule has 0 aliphatic heterocycles. The molecule has 0 spiro atoms. The number of nitrogens with two attached hydrogens (primary N) is 1. The number of rotatable bonds is 3. The number of fused-ring (bicyclic) bond motifs is 1. The van der Waals surface area contributed by atoms with E-state index < -0.39 is 0 Å². The first-order valence-electron chi connectivity index (χ1n) is 6.05. The predicted molar refractivity (Wildman–Crippen MR) is 79.4 cm³/mol. The van der Waals surface area contributed by atoms with Gasteiger partial charge in [0.15, 0.2) is 10.8 Å². The van der Waals surface area contributed by atoms with Gasteiger partial charge in [0, 0.05) is 29.7 Å². The quantitative estimate of drug-likeness (QED) is 0.389. The van der Waals surface area contributed by atoms with Crippen LogP contribution in [-0.2, 0) is 0 Å². The number of amides is 1. The van der Waals surface area contributed by atoms with Crippen molar-refractivity contribution in [3.63, 3.8) is 0 Å². The number of benzene rings is 1. The zero-order chi connectivity index (χ0) is 14.8. The number of aromatic nitrogens is 3. The molecule has 8 heteroatoms. The molecule has 2 heterocycles. The van der Waals surface area contributed by atoms with Gasteiger partial charge < -0.3 is 5.32 Å². The maximum atomic E-state index is 11.4. The lowest BCUT2D eigenvalue weighted by Gasteiger charge is -2.08. The Balaban J connectivity index is 1.91. The molecule has 0 fully saturated rings. The number of nitrogens with zero attached hydrogens (tertiary/aromatic N) is 3. The second kappa shape index (κ2) is 5.39. The Hall–Kier alpha value is -2.64. The van der Waals surface area contributed by atoms with Crippen molar-refractivity contribution in [1.29, 1.82) is 0 Å². The molecule has 0 aliphatic carbocycles. The normalized spacial score (nSPS) is 10.6. The van der Waals surface area contributed by atoms with E-state index >= 15 is 0 Å². The Labute approximate surface area is 124 Å². The molecule has 21 heavy (non-hydrogen) atoms. The van der Waals surface area contributed by atoms with Crippen molar-refractivity contribution in [2.45, 2.75) is 0 Å². The molecule has 1 aromatic carbocycles. The second-order valence-electron chi connectivity index (χ2n) is 4.25. The summed E-state index contributed by atoms with van der Waals surface area (Å²) in [7, 11) is 0. The SMILES string of the molecule is NNC(=O)c1ccc(Nc2cc(Cl)nn3ccnc23)cc1. The van der Waals surface area contributed by atoms with E-state index in [1.165, 1.54) is 0 Å². The summed E-state index contributed by atoms with van der Waals surface area (Å²) < 4.78 is 1.58. The summed E-state index contributed by atoms with van der Waals surface area (Å²) in [5, 5.41) is 7.64. The predicted octanol–water partition coefficient (Wildman–Crippen LogP) is 1.73. The highest BCUT2D eigenvalue weighted by molar-refractivity contribution is 6.29. The van der Waals surface area contributed by atoms with Crippen LogP contribution in [0.1, 0.15) is 10.4 Å². The Bertz CT molecular complexity index is 798. The van der Waals surface area contributed by atoms with Gasteiger partial charge in [-0.1, -0.05) is 11.6 Å². The van der Waals surface area contributed by atoms with Crippen LogP contribution in [0.25, 0.3) is 5.65 Å². The zero-order valence-corrected chi connectivity index (χ0v) is 11.5. The summed E-state index contributed by atoms with van der Waals surface area (Å²) in [6.07, 6.45) is 3.35. The summed E-state index contributed by atoms with van der Waals surface area (Å²) in [5.74, 6) is 4.74. The van der Waals surface area contributed by atoms with Gasteiger partial charge in [0.2, 0.25) is 0 Å². The molecule has 106 valence electrons. The van der Waals surface area contributed by atoms with Crippen LogP contribution in [-0.4, -0.2) is 20.5 Å². The van der Waals surface area contributed by atoms with Gasteiger partial charge in [-0.15, -0.1) is 0 Å². The minimum absolute atomic E-state index is 0.343. The van der Waals surface area contributed by atoms with Crippen LogP contribution in [0.15, 0.2) is 42.7 Å². The molecule has 0 atom stereocenters. The van der Waals surface area contributed by atoms with Gasteiger partial charge in [-0.05, 0) is 24.3 Å². The number of carbonyl (C=O) groups excluding carboxylic acids is 1. The fourth-order valence-electron chi connectivity index (χ4n) is 1.92. The maximum Gasteiger partial charge on any atom is 0.265 e. The minimum atomic E-state index is -0.343. The molecule has 3 aromatic rings. The van der Waals surface area contributed by atoms with Gasteiger partial charge in [0.1, 0.15) is 0 Å². The van der Waals surface area contributed by atoms with Crippen LogP contribution < -0.4 is 16.6 Å². The molecular formula is C13H11ClN6O. The average molecular weight is 303 g/mol. The molecule has 7 nitrogen and oxygen atoms in total. The molecule has 4 N–H and O–H groups in total. The van der Waals surface area contributed by atoms with Crippen LogP contribution in [0.2, 0.25) is 5.15 Å². The largest absolute Gasteiger partial charge is 0.352 e. The second-order valence-corrected chi connectivity index (χ2v) is 4.64. The number of anilines is 2. The van der Waals surface area contributed by atoms with Crippen molar-refractivity contribution in [2.75, 3.05) is 5.32 Å². The first-order chi connectivity index (χ1) is 10.2. The van der Waals surface area contributed by atoms with Crippen molar-refractivity contribution >= 4 is 34.5 Å². The number of halogens is 1. The van der Waals surface area contributed by atoms with E-state index in [1.807, 2.05) is 0 Å². The van der Waals surface area contributed by atoms with E-state index in [-0.39, 0.29) is 5.91 Å². The van der Waals surface area contributed by atoms with Crippen molar-refractivity contribution < 1.29 is 4.79 Å². The average Bonchev–Trinajstić information content (AvgIpc) is 2.95. The van der Waals surface area contributed by atoms with Gasteiger partial charge in [0.25, 0.3) is 5.91 Å². The van der Waals surface area contributed by atoms with Gasteiger partial charge in [-0.3, -0.25) is 10.2 Å². The summed E-state index contributed by atoms with van der Waals surface area (Å²) in [6, 6.07) is 8.53. The van der Waals surface area contributed by atoms with E-state index in [1.54, 1.807) is 47.2 Å². The molecule has 3 rings (SSSR count). The first kappa shape index (κ1) is 13.3. The van der Waals surface area contributed by atoms with Crippen molar-refractivity contribution in [1.82, 2.24) is 20.0 Å². The Morgan fingerprint density at radius 1 is 1.29 bits per heavy atom. The van der Waals surface area contributed by atoms with Gasteiger partial charge >= 0.3 is 0 Å². The van der Waals surface area contributed by atoms with E-state index in [0.29, 0.717) is 16.4 Å². The molecule has 2 aromatic heterocycles. The molecule has 0 bridgehead atoms. The summed E-state index contributed by atoms with van der Waals surface area (Å²) in [4.78, 5) is 15.6. The van der Waals surface area contributed by atoms with E-state index in [2.05, 4.69) is 20.8 Å². The summed E-state index contributed by atoms with van der Waals surface area (Å²) in [5.41, 5.74) is 4.72. The van der Waals surface area contributed by atoms with Crippen LogP contribution >= 0.6 is 11.6 Å². The molecule has 0 radical (unpaired) electrons. The standard InChI is InChI=1S/C13H11ClN6O/c14-11-7-10(12-16-5-6-20(12)19-11)17-9-3-1-8(2-4-9)13(21)18-15/h1-7,17H,15H2,(H,18,21). The third kappa shape index (κ3) is 2.64. The topological polar surface area (TPSA) is 97.3 Å². The van der Waals surface area contributed by atoms with Crippen molar-refractivity contribution in [3.05, 3.63) is 53.4 Å². The lowest BCUT2D eigenvalue weighted by Crippen LogP contribution is -2.29. The van der Waals surface area contributed by atoms with Crippen molar-refractivity contribution in [3.8, 4) is 0 Å². The molecule has 1 amide bonds. The first-order valence-corrected chi connectivity index (χ1v) is 6.43. The van der Waals surface area contributed by atoms with Crippen LogP contribution in [0.3, 0.4) is 0 Å². The van der Waals surface area contributed by atoms with Crippen molar-refractivity contribution in [2.24, 2.45) is 5.84 Å². The molecule has 0 unspecified atom stereocenters. The van der Waals surface area contributed by atoms with Crippen LogP contribution in [0.4, 0.5) is 11.4 Å². The highest BCUT2D eigenvalue weighted by Crippen LogP contribution is 2.23. The molecular weight excluding hydrogens is 292 g/mol. The maximum absolute atomic E-state index is 11.4. The fraction of sp³-hybridized carbons (Fsp3) is 0. The highest BCUT2D eigenvalue weighted by Gasteiger charge is 2.07. The molecule has 0 aliphatic rings. The Morgan fingerprint density at radius 2 is 2.05 bits per heavy atom. The molecule has 0 saturated carbocycles. The van der Waals surface area contributed by atoms with E-state index in [0.717, 1.165) is 11.4 Å². The van der Waals surface area contributed by atoms with Gasteiger partial charge in [0.05, 0.1) is 5.69 Å². The number of carbonyl (C=O) groups is 1. The number of nitrogens with one attached hydrogen (secondary N) is 2. The monoisotopic (exact) mass is 302 g/mol. The number of hydrazine groups is 1. The Kier molecular flexibility index (Phi) is 3.43. The third-order valence-electron chi connectivity index (χ3n) is 2.89.